The summed E-state index contributed by atoms with van der Waals surface area (Å²) >= 11 is 3.65. The molecule has 2 aromatic rings. The van der Waals surface area contributed by atoms with Crippen LogP contribution in [0.1, 0.15) is 103 Å². The molecule has 0 bridgehead atoms. The van der Waals surface area contributed by atoms with Crippen molar-refractivity contribution in [3.8, 4) is 0 Å². The van der Waals surface area contributed by atoms with Crippen LogP contribution in [0.5, 0.6) is 0 Å². The largest absolute Gasteiger partial charge is 0.340 e. The summed E-state index contributed by atoms with van der Waals surface area (Å²) in [5.41, 5.74) is 2.23. The fraction of sp³-hybridized carbons (Fsp3) is 0.704. The number of hydrogen-bond donors (Lipinski definition) is 0. The number of carbonyl (C=O) groups excluding carboxylic acids is 1. The van der Waals surface area contributed by atoms with Crippen molar-refractivity contribution in [3.63, 3.8) is 0 Å². The molecule has 5 heteroatoms. The molecule has 2 aliphatic rings. The van der Waals surface area contributed by atoms with E-state index in [0.29, 0.717) is 24.3 Å². The summed E-state index contributed by atoms with van der Waals surface area (Å²) in [4.78, 5) is 20.5. The first-order chi connectivity index (χ1) is 15.6. The fourth-order valence-electron chi connectivity index (χ4n) is 6.16. The number of fused-ring (bicyclic) bond motifs is 1. The molecule has 176 valence electrons. The maximum atomic E-state index is 13.3. The number of rotatable bonds is 8. The number of benzene rings is 1. The van der Waals surface area contributed by atoms with Gasteiger partial charge >= 0.3 is 0 Å². The van der Waals surface area contributed by atoms with Gasteiger partial charge in [0, 0.05) is 35.9 Å². The van der Waals surface area contributed by atoms with E-state index in [2.05, 4.69) is 57.4 Å². The van der Waals surface area contributed by atoms with Gasteiger partial charge in [-0.2, -0.15) is 0 Å². The van der Waals surface area contributed by atoms with E-state index in [0.717, 1.165) is 29.0 Å². The van der Waals surface area contributed by atoms with Crippen molar-refractivity contribution >= 4 is 32.9 Å². The van der Waals surface area contributed by atoms with Crippen molar-refractivity contribution in [1.29, 1.82) is 0 Å². The van der Waals surface area contributed by atoms with Crippen LogP contribution in [-0.4, -0.2) is 32.9 Å². The van der Waals surface area contributed by atoms with Crippen LogP contribution in [0, 0.1) is 5.92 Å². The molecule has 2 aliphatic carbocycles. The molecule has 0 unspecified atom stereocenters. The Balaban J connectivity index is 1.52. The second-order valence-electron chi connectivity index (χ2n) is 9.98. The van der Waals surface area contributed by atoms with Crippen LogP contribution in [0.25, 0.3) is 11.0 Å². The van der Waals surface area contributed by atoms with Gasteiger partial charge in [-0.05, 0) is 69.6 Å². The molecule has 0 saturated heterocycles. The van der Waals surface area contributed by atoms with Gasteiger partial charge in [0.05, 0.1) is 11.0 Å². The molecule has 0 radical (unpaired) electrons. The Kier molecular flexibility index (Phi) is 8.31. The van der Waals surface area contributed by atoms with Crippen LogP contribution in [0.15, 0.2) is 22.7 Å². The zero-order valence-corrected chi connectivity index (χ0v) is 21.6. The van der Waals surface area contributed by atoms with Crippen molar-refractivity contribution < 1.29 is 4.79 Å². The molecular weight excluding hydrogens is 462 g/mol. The van der Waals surface area contributed by atoms with Crippen molar-refractivity contribution in [2.45, 2.75) is 109 Å². The van der Waals surface area contributed by atoms with Crippen molar-refractivity contribution in [2.75, 3.05) is 6.54 Å². The van der Waals surface area contributed by atoms with Gasteiger partial charge in [-0.25, -0.2) is 4.98 Å². The molecule has 0 spiro atoms. The van der Waals surface area contributed by atoms with E-state index in [4.69, 9.17) is 4.98 Å². The molecule has 4 nitrogen and oxygen atoms in total. The van der Waals surface area contributed by atoms with Gasteiger partial charge in [-0.15, -0.1) is 0 Å². The standard InChI is InChI=1S/C27H40BrN3O/c1-3-8-20-11-13-21(14-12-20)27-29-24-16-15-22(28)19-25(24)31(27)18-17-26(32)30(4-2)23-9-6-5-7-10-23/h15-16,19-21,23H,3-14,17-18H2,1-2H3/t20-,21-. The molecule has 0 atom stereocenters. The van der Waals surface area contributed by atoms with Crippen LogP contribution in [-0.2, 0) is 11.3 Å². The smallest absolute Gasteiger partial charge is 0.224 e. The Hall–Kier alpha value is -1.36. The molecule has 1 aromatic heterocycles. The maximum absolute atomic E-state index is 13.3. The minimum absolute atomic E-state index is 0.314. The number of imidazole rings is 1. The topological polar surface area (TPSA) is 38.1 Å². The van der Waals surface area contributed by atoms with E-state index in [1.807, 2.05) is 0 Å². The second kappa shape index (κ2) is 11.2. The van der Waals surface area contributed by atoms with Crippen molar-refractivity contribution in [2.24, 2.45) is 5.92 Å². The number of hydrogen-bond acceptors (Lipinski definition) is 2. The zero-order chi connectivity index (χ0) is 22.5. The van der Waals surface area contributed by atoms with Gasteiger partial charge in [-0.3, -0.25) is 4.79 Å². The summed E-state index contributed by atoms with van der Waals surface area (Å²) in [5, 5.41) is 0. The maximum Gasteiger partial charge on any atom is 0.224 e. The number of amides is 1. The monoisotopic (exact) mass is 501 g/mol. The van der Waals surface area contributed by atoms with E-state index in [9.17, 15) is 4.79 Å². The van der Waals surface area contributed by atoms with Gasteiger partial charge in [0.1, 0.15) is 5.82 Å². The average Bonchev–Trinajstić information content (AvgIpc) is 3.17. The third-order valence-corrected chi connectivity index (χ3v) is 8.37. The predicted molar refractivity (Wildman–Crippen MR) is 136 cm³/mol. The van der Waals surface area contributed by atoms with Gasteiger partial charge in [0.25, 0.3) is 0 Å². The normalized spacial score (nSPS) is 22.3. The predicted octanol–water partition coefficient (Wildman–Crippen LogP) is 7.44. The van der Waals surface area contributed by atoms with Gasteiger partial charge in [0.15, 0.2) is 0 Å². The number of aryl methyl sites for hydroxylation is 1. The summed E-state index contributed by atoms with van der Waals surface area (Å²) in [6.07, 6.45) is 14.5. The van der Waals surface area contributed by atoms with E-state index in [1.165, 1.54) is 82.0 Å². The lowest BCUT2D eigenvalue weighted by molar-refractivity contribution is -0.134. The molecule has 0 N–H and O–H groups in total. The molecule has 4 rings (SSSR count). The number of carbonyl (C=O) groups is 1. The van der Waals surface area contributed by atoms with Gasteiger partial charge < -0.3 is 9.47 Å². The van der Waals surface area contributed by atoms with Crippen LogP contribution in [0.2, 0.25) is 0 Å². The molecule has 0 aliphatic heterocycles. The Morgan fingerprint density at radius 3 is 2.53 bits per heavy atom. The summed E-state index contributed by atoms with van der Waals surface area (Å²) in [6, 6.07) is 6.82. The fourth-order valence-corrected chi connectivity index (χ4v) is 6.51. The van der Waals surface area contributed by atoms with Crippen molar-refractivity contribution in [3.05, 3.63) is 28.5 Å². The Bertz CT molecular complexity index is 894. The molecular formula is C27H40BrN3O. The molecule has 1 aromatic carbocycles. The second-order valence-corrected chi connectivity index (χ2v) is 10.9. The Labute approximate surface area is 202 Å². The number of halogens is 1. The SMILES string of the molecule is CCC[C@H]1CC[C@H](c2nc3ccc(Br)cc3n2CCC(=O)N(CC)C2CCCCC2)CC1. The highest BCUT2D eigenvalue weighted by atomic mass is 79.9. The van der Waals surface area contributed by atoms with E-state index < -0.39 is 0 Å². The minimum atomic E-state index is 0.314. The Morgan fingerprint density at radius 1 is 1.09 bits per heavy atom. The van der Waals surface area contributed by atoms with E-state index in [1.54, 1.807) is 0 Å². The first-order valence-corrected chi connectivity index (χ1v) is 13.8. The summed E-state index contributed by atoms with van der Waals surface area (Å²) in [5.74, 6) is 2.93. The summed E-state index contributed by atoms with van der Waals surface area (Å²) in [6.45, 7) is 6.00. The number of aromatic nitrogens is 2. The minimum Gasteiger partial charge on any atom is -0.340 e. The molecule has 2 saturated carbocycles. The molecule has 32 heavy (non-hydrogen) atoms. The molecule has 2 fully saturated rings. The third kappa shape index (κ3) is 5.40. The van der Waals surface area contributed by atoms with Gasteiger partial charge in [0.2, 0.25) is 5.91 Å². The zero-order valence-electron chi connectivity index (χ0n) is 20.0. The first kappa shape index (κ1) is 23.8. The lowest BCUT2D eigenvalue weighted by Crippen LogP contribution is -2.41. The highest BCUT2D eigenvalue weighted by molar-refractivity contribution is 9.10. The average molecular weight is 503 g/mol. The number of nitrogens with zero attached hydrogens (tertiary/aromatic N) is 3. The Morgan fingerprint density at radius 2 is 1.84 bits per heavy atom. The summed E-state index contributed by atoms with van der Waals surface area (Å²) in [7, 11) is 0. The van der Waals surface area contributed by atoms with E-state index in [-0.39, 0.29) is 0 Å². The van der Waals surface area contributed by atoms with Crippen LogP contribution in [0.4, 0.5) is 0 Å². The van der Waals surface area contributed by atoms with Crippen LogP contribution >= 0.6 is 15.9 Å². The highest BCUT2D eigenvalue weighted by Crippen LogP contribution is 2.38. The van der Waals surface area contributed by atoms with E-state index >= 15 is 0 Å². The van der Waals surface area contributed by atoms with Gasteiger partial charge in [-0.1, -0.05) is 55.0 Å². The lowest BCUT2D eigenvalue weighted by Gasteiger charge is -2.34. The lowest BCUT2D eigenvalue weighted by atomic mass is 9.79. The highest BCUT2D eigenvalue weighted by Gasteiger charge is 2.28. The summed E-state index contributed by atoms with van der Waals surface area (Å²) < 4.78 is 3.45. The molecule has 1 heterocycles. The van der Waals surface area contributed by atoms with Crippen LogP contribution < -0.4 is 0 Å². The molecule has 1 amide bonds. The van der Waals surface area contributed by atoms with Crippen LogP contribution in [0.3, 0.4) is 0 Å². The quantitative estimate of drug-likeness (QED) is 0.376. The first-order valence-electron chi connectivity index (χ1n) is 13.1. The third-order valence-electron chi connectivity index (χ3n) is 7.87. The van der Waals surface area contributed by atoms with Crippen molar-refractivity contribution in [1.82, 2.24) is 14.5 Å².